The number of phosphoric acid groups is 1. The maximum atomic E-state index is 11.7. The van der Waals surface area contributed by atoms with Gasteiger partial charge in [0.05, 0.1) is 33.0 Å². The first-order valence-corrected chi connectivity index (χ1v) is 13.9. The smallest absolute Gasteiger partial charge is 0.395 e. The lowest BCUT2D eigenvalue weighted by molar-refractivity contribution is 0.136. The van der Waals surface area contributed by atoms with E-state index in [0.717, 1.165) is 51.4 Å². The van der Waals surface area contributed by atoms with Gasteiger partial charge in [-0.05, 0) is 36.5 Å². The summed E-state index contributed by atoms with van der Waals surface area (Å²) in [5.74, 6) is 0. The van der Waals surface area contributed by atoms with Gasteiger partial charge in [-0.2, -0.15) is 0 Å². The standard InChI is InChI=1S/C18H39O4P.C6H15NO3/c1-17(2,3)13-9-7-11-15-21-23(19,20)22-16-12-8-10-14-18(4,5)6;8-4-1-7(2-5-9)3-6-10/h7-16H2,1-6H3,(H,19,20);8-10H,1-6H2. The van der Waals surface area contributed by atoms with E-state index in [1.807, 2.05) is 0 Å². The Hall–Kier alpha value is -0.0500. The molecular formula is C24H54NO7P. The summed E-state index contributed by atoms with van der Waals surface area (Å²) in [5, 5.41) is 25.5. The molecule has 4 N–H and O–H groups in total. The molecule has 202 valence electrons. The summed E-state index contributed by atoms with van der Waals surface area (Å²) < 4.78 is 21.7. The van der Waals surface area contributed by atoms with Crippen LogP contribution < -0.4 is 0 Å². The Kier molecular flexibility index (Phi) is 21.5. The second-order valence-corrected chi connectivity index (χ2v) is 12.3. The Morgan fingerprint density at radius 2 is 0.970 bits per heavy atom. The lowest BCUT2D eigenvalue weighted by atomic mass is 9.89. The molecule has 0 fully saturated rings. The quantitative estimate of drug-likeness (QED) is 0.160. The minimum Gasteiger partial charge on any atom is -0.395 e. The van der Waals surface area contributed by atoms with Crippen LogP contribution >= 0.6 is 7.82 Å². The van der Waals surface area contributed by atoms with E-state index in [0.29, 0.717) is 43.7 Å². The number of phosphoric ester groups is 1. The molecule has 0 saturated heterocycles. The average molecular weight is 500 g/mol. The zero-order valence-electron chi connectivity index (χ0n) is 22.2. The van der Waals surface area contributed by atoms with Crippen molar-refractivity contribution in [3.05, 3.63) is 0 Å². The van der Waals surface area contributed by atoms with Crippen LogP contribution in [0.2, 0.25) is 0 Å². The number of hydrogen-bond donors (Lipinski definition) is 4. The van der Waals surface area contributed by atoms with Crippen LogP contribution in [0.3, 0.4) is 0 Å². The van der Waals surface area contributed by atoms with Gasteiger partial charge < -0.3 is 20.2 Å². The molecule has 0 saturated carbocycles. The van der Waals surface area contributed by atoms with E-state index in [1.54, 1.807) is 4.90 Å². The summed E-state index contributed by atoms with van der Waals surface area (Å²) >= 11 is 0. The van der Waals surface area contributed by atoms with Crippen LogP contribution in [-0.2, 0) is 13.6 Å². The van der Waals surface area contributed by atoms with Crippen LogP contribution in [0.4, 0.5) is 0 Å². The highest BCUT2D eigenvalue weighted by Gasteiger charge is 2.20. The van der Waals surface area contributed by atoms with E-state index < -0.39 is 7.82 Å². The van der Waals surface area contributed by atoms with E-state index in [-0.39, 0.29) is 19.8 Å². The van der Waals surface area contributed by atoms with Crippen LogP contribution in [0, 0.1) is 10.8 Å². The van der Waals surface area contributed by atoms with Crippen molar-refractivity contribution in [2.24, 2.45) is 10.8 Å². The lowest BCUT2D eigenvalue weighted by Crippen LogP contribution is -2.32. The van der Waals surface area contributed by atoms with Crippen LogP contribution in [0.1, 0.15) is 92.9 Å². The van der Waals surface area contributed by atoms with Crippen molar-refractivity contribution in [1.29, 1.82) is 0 Å². The van der Waals surface area contributed by atoms with E-state index in [1.165, 1.54) is 0 Å². The van der Waals surface area contributed by atoms with E-state index in [9.17, 15) is 9.46 Å². The van der Waals surface area contributed by atoms with E-state index in [2.05, 4.69) is 41.5 Å². The third kappa shape index (κ3) is 29.9. The molecule has 0 amide bonds. The van der Waals surface area contributed by atoms with Gasteiger partial charge in [-0.3, -0.25) is 13.9 Å². The van der Waals surface area contributed by atoms with Gasteiger partial charge in [0.1, 0.15) is 0 Å². The third-order valence-electron chi connectivity index (χ3n) is 4.90. The third-order valence-corrected chi connectivity index (χ3v) is 5.92. The maximum Gasteiger partial charge on any atom is 0.472 e. The van der Waals surface area contributed by atoms with Gasteiger partial charge in [-0.1, -0.05) is 67.2 Å². The van der Waals surface area contributed by atoms with Gasteiger partial charge in [0.15, 0.2) is 0 Å². The van der Waals surface area contributed by atoms with Crippen molar-refractivity contribution in [1.82, 2.24) is 4.90 Å². The number of hydrogen-bond acceptors (Lipinski definition) is 7. The second-order valence-electron chi connectivity index (χ2n) is 10.9. The van der Waals surface area contributed by atoms with E-state index >= 15 is 0 Å². The molecule has 0 aromatic heterocycles. The number of nitrogens with zero attached hydrogens (tertiary/aromatic N) is 1. The molecule has 0 aliphatic heterocycles. The fourth-order valence-corrected chi connectivity index (χ4v) is 3.82. The van der Waals surface area contributed by atoms with Gasteiger partial charge in [-0.15, -0.1) is 0 Å². The van der Waals surface area contributed by atoms with Crippen molar-refractivity contribution < 1.29 is 33.8 Å². The molecule has 0 unspecified atom stereocenters. The van der Waals surface area contributed by atoms with Crippen molar-refractivity contribution in [3.8, 4) is 0 Å². The highest BCUT2D eigenvalue weighted by Crippen LogP contribution is 2.43. The molecule has 0 aromatic carbocycles. The molecule has 0 spiro atoms. The van der Waals surface area contributed by atoms with Crippen LogP contribution in [0.15, 0.2) is 0 Å². The zero-order chi connectivity index (χ0) is 25.8. The van der Waals surface area contributed by atoms with Gasteiger partial charge in [-0.25, -0.2) is 4.57 Å². The topological polar surface area (TPSA) is 120 Å². The molecule has 0 heterocycles. The Balaban J connectivity index is 0. The average Bonchev–Trinajstić information content (AvgIpc) is 2.67. The highest BCUT2D eigenvalue weighted by atomic mass is 31.2. The number of aliphatic hydroxyl groups excluding tert-OH is 3. The van der Waals surface area contributed by atoms with Crippen LogP contribution in [-0.4, -0.2) is 77.8 Å². The molecule has 8 nitrogen and oxygen atoms in total. The maximum absolute atomic E-state index is 11.7. The van der Waals surface area contributed by atoms with Crippen molar-refractivity contribution in [3.63, 3.8) is 0 Å². The molecule has 0 rings (SSSR count). The summed E-state index contributed by atoms with van der Waals surface area (Å²) in [4.78, 5) is 11.4. The largest absolute Gasteiger partial charge is 0.472 e. The molecule has 33 heavy (non-hydrogen) atoms. The fraction of sp³-hybridized carbons (Fsp3) is 1.00. The second kappa shape index (κ2) is 20.2. The predicted molar refractivity (Wildman–Crippen MR) is 135 cm³/mol. The van der Waals surface area contributed by atoms with Gasteiger partial charge >= 0.3 is 7.82 Å². The number of aliphatic hydroxyl groups is 3. The first-order valence-electron chi connectivity index (χ1n) is 12.4. The van der Waals surface area contributed by atoms with Gasteiger partial charge in [0, 0.05) is 19.6 Å². The lowest BCUT2D eigenvalue weighted by Gasteiger charge is -2.18. The molecular weight excluding hydrogens is 445 g/mol. The number of rotatable bonds is 18. The first-order chi connectivity index (χ1) is 15.3. The highest BCUT2D eigenvalue weighted by molar-refractivity contribution is 7.47. The van der Waals surface area contributed by atoms with Crippen molar-refractivity contribution in [2.75, 3.05) is 52.7 Å². The summed E-state index contributed by atoms with van der Waals surface area (Å²) in [6.45, 7) is 15.7. The Labute approximate surface area is 203 Å². The number of unbranched alkanes of at least 4 members (excludes halogenated alkanes) is 4. The van der Waals surface area contributed by atoms with Gasteiger partial charge in [0.2, 0.25) is 0 Å². The Morgan fingerprint density at radius 3 is 1.24 bits per heavy atom. The summed E-state index contributed by atoms with van der Waals surface area (Å²) in [6.07, 6.45) is 8.21. The minimum atomic E-state index is -3.85. The summed E-state index contributed by atoms with van der Waals surface area (Å²) in [6, 6.07) is 0. The van der Waals surface area contributed by atoms with Crippen LogP contribution in [0.25, 0.3) is 0 Å². The zero-order valence-corrected chi connectivity index (χ0v) is 23.1. The monoisotopic (exact) mass is 499 g/mol. The predicted octanol–water partition coefficient (Wildman–Crippen LogP) is 4.60. The normalized spacial score (nSPS) is 12.7. The van der Waals surface area contributed by atoms with Crippen LogP contribution in [0.5, 0.6) is 0 Å². The molecule has 0 aromatic rings. The molecule has 0 radical (unpaired) electrons. The fourth-order valence-electron chi connectivity index (χ4n) is 3.03. The minimum absolute atomic E-state index is 0.0694. The molecule has 0 bridgehead atoms. The first kappa shape index (κ1) is 35.1. The molecule has 0 aliphatic carbocycles. The Bertz CT molecular complexity index is 434. The SMILES string of the molecule is CC(C)(C)CCCCCOP(=O)(O)OCCCCCC(C)(C)C.OCCN(CCO)CCO. The molecule has 0 atom stereocenters. The molecule has 9 heteroatoms. The summed E-state index contributed by atoms with van der Waals surface area (Å²) in [7, 11) is -3.85. The Morgan fingerprint density at radius 1 is 0.636 bits per heavy atom. The van der Waals surface area contributed by atoms with E-state index in [4.69, 9.17) is 24.4 Å². The van der Waals surface area contributed by atoms with Gasteiger partial charge in [0.25, 0.3) is 0 Å². The summed E-state index contributed by atoms with van der Waals surface area (Å²) in [5.41, 5.74) is 0.701. The van der Waals surface area contributed by atoms with Crippen molar-refractivity contribution >= 4 is 7.82 Å². The molecule has 0 aliphatic rings. The van der Waals surface area contributed by atoms with Crippen molar-refractivity contribution in [2.45, 2.75) is 92.9 Å².